The summed E-state index contributed by atoms with van der Waals surface area (Å²) in [4.78, 5) is 34.8. The number of amides is 1. The molecule has 1 aliphatic rings. The number of benzene rings is 1. The largest absolute Gasteiger partial charge is 0.508 e. The molecule has 0 saturated carbocycles. The number of methoxy groups -OCH3 is 1. The minimum absolute atomic E-state index is 0.143. The molecule has 1 aliphatic heterocycles. The quantitative estimate of drug-likeness (QED) is 0.507. The molecule has 1 aromatic rings. The van der Waals surface area contributed by atoms with Gasteiger partial charge in [0.05, 0.1) is 13.7 Å². The second-order valence-corrected chi connectivity index (χ2v) is 6.32. The molecule has 2 atom stereocenters. The fourth-order valence-corrected chi connectivity index (χ4v) is 2.64. The molecule has 0 bridgehead atoms. The average Bonchev–Trinajstić information content (AvgIpc) is 2.99. The first-order valence-electron chi connectivity index (χ1n) is 7.78. The third-order valence-corrected chi connectivity index (χ3v) is 4.03. The fraction of sp³-hybridized carbons (Fsp3) is 0.412. The average molecular weight is 382 g/mol. The van der Waals surface area contributed by atoms with E-state index in [0.29, 0.717) is 13.0 Å². The third-order valence-electron chi connectivity index (χ3n) is 3.73. The van der Waals surface area contributed by atoms with E-state index in [0.717, 1.165) is 10.4 Å². The summed E-state index contributed by atoms with van der Waals surface area (Å²) in [6, 6.07) is 4.92. The highest BCUT2D eigenvalue weighted by Crippen LogP contribution is 2.16. The minimum atomic E-state index is -1.02. The van der Waals surface area contributed by atoms with Crippen molar-refractivity contribution < 1.29 is 29.3 Å². The van der Waals surface area contributed by atoms with Gasteiger partial charge < -0.3 is 25.6 Å². The predicted octanol–water partition coefficient (Wildman–Crippen LogP) is 0.497. The lowest BCUT2D eigenvalue weighted by Gasteiger charge is -2.19. The number of aromatic hydroxyl groups is 1. The Morgan fingerprint density at radius 3 is 2.38 bits per heavy atom. The summed E-state index contributed by atoms with van der Waals surface area (Å²) >= 11 is 4.96. The zero-order chi connectivity index (χ0) is 19.9. The van der Waals surface area contributed by atoms with E-state index in [1.807, 2.05) is 0 Å². The van der Waals surface area contributed by atoms with Gasteiger partial charge in [0, 0.05) is 18.2 Å². The van der Waals surface area contributed by atoms with E-state index in [4.69, 9.17) is 28.2 Å². The number of hydrogen-bond donors (Lipinski definition) is 3. The lowest BCUT2D eigenvalue weighted by Crippen LogP contribution is -2.39. The monoisotopic (exact) mass is 382 g/mol. The number of esters is 1. The summed E-state index contributed by atoms with van der Waals surface area (Å²) in [5.74, 6) is -1.40. The Labute approximate surface area is 156 Å². The zero-order valence-corrected chi connectivity index (χ0v) is 15.4. The maximum atomic E-state index is 11.2. The number of carbonyl (C=O) groups is 3. The Bertz CT molecular complexity index is 676. The number of carbonyl (C=O) groups excluding carboxylic acids is 2. The predicted molar refractivity (Wildman–Crippen MR) is 97.8 cm³/mol. The fourth-order valence-electron chi connectivity index (χ4n) is 2.34. The van der Waals surface area contributed by atoms with Gasteiger partial charge in [0.2, 0.25) is 5.91 Å². The van der Waals surface area contributed by atoms with Gasteiger partial charge in [-0.2, -0.15) is 0 Å². The summed E-state index contributed by atoms with van der Waals surface area (Å²) in [5, 5.41) is 17.5. The molecule has 9 heteroatoms. The van der Waals surface area contributed by atoms with Crippen LogP contribution in [0.3, 0.4) is 0 Å². The van der Waals surface area contributed by atoms with Crippen molar-refractivity contribution in [2.24, 2.45) is 5.73 Å². The van der Waals surface area contributed by atoms with Crippen LogP contribution in [0.4, 0.5) is 0 Å². The van der Waals surface area contributed by atoms with Crippen LogP contribution in [0.5, 0.6) is 5.75 Å². The van der Waals surface area contributed by atoms with Gasteiger partial charge in [-0.25, -0.2) is 4.79 Å². The number of phenolic OH excluding ortho intramolecular Hbond substituents is 1. The summed E-state index contributed by atoms with van der Waals surface area (Å²) in [7, 11) is 1.31. The molecule has 26 heavy (non-hydrogen) atoms. The molecule has 0 unspecified atom stereocenters. The van der Waals surface area contributed by atoms with Crippen LogP contribution >= 0.6 is 12.2 Å². The number of phenols is 1. The van der Waals surface area contributed by atoms with E-state index in [1.165, 1.54) is 31.1 Å². The Hall–Kier alpha value is -2.52. The number of hydrogen-bond acceptors (Lipinski definition) is 7. The molecule has 8 nitrogen and oxygen atoms in total. The Kier molecular flexibility index (Phi) is 8.14. The second-order valence-electron chi connectivity index (χ2n) is 5.74. The number of carboxylic acid groups (broad SMARTS) is 1. The van der Waals surface area contributed by atoms with E-state index < -0.39 is 24.0 Å². The van der Waals surface area contributed by atoms with Crippen LogP contribution in [0, 0.1) is 0 Å². The number of rotatable bonds is 4. The van der Waals surface area contributed by atoms with E-state index in [2.05, 4.69) is 4.74 Å². The van der Waals surface area contributed by atoms with Crippen LogP contribution in [0.25, 0.3) is 0 Å². The van der Waals surface area contributed by atoms with E-state index in [1.54, 1.807) is 12.1 Å². The van der Waals surface area contributed by atoms with Gasteiger partial charge in [0.15, 0.2) is 0 Å². The number of ether oxygens (including phenoxy) is 1. The van der Waals surface area contributed by atoms with Crippen molar-refractivity contribution in [3.8, 4) is 5.75 Å². The smallest absolute Gasteiger partial charge is 0.328 e. The number of aliphatic carboxylic acids is 1. The molecular formula is C17H22N2O6S. The molecule has 1 aromatic carbocycles. The summed E-state index contributed by atoms with van der Waals surface area (Å²) in [6.45, 7) is 1.81. The summed E-state index contributed by atoms with van der Waals surface area (Å²) in [5.41, 5.74) is 6.12. The van der Waals surface area contributed by atoms with Crippen LogP contribution in [0.1, 0.15) is 18.9 Å². The number of likely N-dealkylation sites (tertiary alicyclic amines) is 1. The lowest BCUT2D eigenvalue weighted by atomic mass is 10.1. The first-order valence-corrected chi connectivity index (χ1v) is 8.19. The van der Waals surface area contributed by atoms with E-state index in [-0.39, 0.29) is 18.1 Å². The van der Waals surface area contributed by atoms with Gasteiger partial charge in [-0.05, 0) is 24.1 Å². The molecule has 0 aliphatic carbocycles. The highest BCUT2D eigenvalue weighted by Gasteiger charge is 2.35. The molecule has 0 spiro atoms. The van der Waals surface area contributed by atoms with Crippen LogP contribution in [-0.2, 0) is 25.5 Å². The third kappa shape index (κ3) is 6.41. The van der Waals surface area contributed by atoms with Crippen molar-refractivity contribution in [1.29, 1.82) is 0 Å². The molecule has 0 aromatic heterocycles. The number of thiocarbonyl (C=S) groups is 1. The van der Waals surface area contributed by atoms with Crippen LogP contribution in [-0.4, -0.2) is 63.6 Å². The van der Waals surface area contributed by atoms with Gasteiger partial charge in [-0.3, -0.25) is 9.59 Å². The van der Waals surface area contributed by atoms with Crippen molar-refractivity contribution in [3.05, 3.63) is 29.8 Å². The first-order chi connectivity index (χ1) is 12.1. The van der Waals surface area contributed by atoms with Gasteiger partial charge in [0.1, 0.15) is 17.8 Å². The van der Waals surface area contributed by atoms with Crippen molar-refractivity contribution in [1.82, 2.24) is 4.90 Å². The normalized spacial score (nSPS) is 17.1. The van der Waals surface area contributed by atoms with Crippen molar-refractivity contribution in [2.75, 3.05) is 13.7 Å². The van der Waals surface area contributed by atoms with Crippen molar-refractivity contribution in [2.45, 2.75) is 31.8 Å². The van der Waals surface area contributed by atoms with Crippen molar-refractivity contribution >= 4 is 34.9 Å². The second kappa shape index (κ2) is 9.83. The van der Waals surface area contributed by atoms with Gasteiger partial charge in [-0.1, -0.05) is 24.4 Å². The summed E-state index contributed by atoms with van der Waals surface area (Å²) in [6.07, 6.45) is 0.719. The van der Waals surface area contributed by atoms with Gasteiger partial charge >= 0.3 is 11.9 Å². The van der Waals surface area contributed by atoms with Gasteiger partial charge in [0.25, 0.3) is 0 Å². The molecular weight excluding hydrogens is 360 g/mol. The lowest BCUT2D eigenvalue weighted by molar-refractivity contribution is -0.150. The van der Waals surface area contributed by atoms with E-state index in [9.17, 15) is 14.4 Å². The Balaban J connectivity index is 0.000000260. The number of nitrogens with two attached hydrogens (primary N) is 1. The molecule has 4 N–H and O–H groups in total. The summed E-state index contributed by atoms with van der Waals surface area (Å²) < 4.78 is 4.57. The van der Waals surface area contributed by atoms with Crippen molar-refractivity contribution in [3.63, 3.8) is 0 Å². The van der Waals surface area contributed by atoms with E-state index >= 15 is 0 Å². The molecule has 0 radical (unpaired) electrons. The minimum Gasteiger partial charge on any atom is -0.508 e. The first kappa shape index (κ1) is 21.5. The Morgan fingerprint density at radius 2 is 1.92 bits per heavy atom. The molecule has 1 fully saturated rings. The molecule has 1 heterocycles. The van der Waals surface area contributed by atoms with Gasteiger partial charge in [-0.15, -0.1) is 0 Å². The van der Waals surface area contributed by atoms with Crippen LogP contribution in [0.15, 0.2) is 24.3 Å². The molecule has 2 rings (SSSR count). The SMILES string of the molecule is COC(=O)[C@@H]1CC(=S)CN1C(C)=O.N[C@@H](Cc1ccc(O)cc1)C(=O)O. The van der Waals surface area contributed by atoms with Crippen LogP contribution in [0.2, 0.25) is 0 Å². The number of nitrogens with zero attached hydrogens (tertiary/aromatic N) is 1. The standard InChI is InChI=1S/C9H11NO3.C8H11NO3S/c10-8(9(12)13)5-6-1-3-7(11)4-2-6;1-5(10)9-4-6(13)3-7(9)8(11)12-2/h1-4,8,11H,5,10H2,(H,12,13);7H,3-4H2,1-2H3/t8-;7-/m00/s1. The Morgan fingerprint density at radius 1 is 1.35 bits per heavy atom. The molecule has 1 saturated heterocycles. The number of carboxylic acids is 1. The zero-order valence-electron chi connectivity index (χ0n) is 14.5. The highest BCUT2D eigenvalue weighted by atomic mass is 32.1. The van der Waals surface area contributed by atoms with Crippen LogP contribution < -0.4 is 5.73 Å². The maximum absolute atomic E-state index is 11.2. The maximum Gasteiger partial charge on any atom is 0.328 e. The highest BCUT2D eigenvalue weighted by molar-refractivity contribution is 7.80. The molecule has 142 valence electrons. The topological polar surface area (TPSA) is 130 Å². The molecule has 1 amide bonds.